The van der Waals surface area contributed by atoms with E-state index in [1.165, 1.54) is 23.3 Å². The molecule has 1 heterocycles. The predicted octanol–water partition coefficient (Wildman–Crippen LogP) is 2.99. The van der Waals surface area contributed by atoms with E-state index in [-0.39, 0.29) is 23.4 Å². The van der Waals surface area contributed by atoms with Gasteiger partial charge < -0.3 is 22.1 Å². The number of anilines is 2. The van der Waals surface area contributed by atoms with E-state index in [1.807, 2.05) is 13.8 Å². The molecule has 0 atom stereocenters. The average Bonchev–Trinajstić information content (AvgIpc) is 3.17. The summed E-state index contributed by atoms with van der Waals surface area (Å²) >= 11 is 0. The van der Waals surface area contributed by atoms with E-state index >= 15 is 0 Å². The van der Waals surface area contributed by atoms with Crippen LogP contribution >= 0.6 is 0 Å². The second kappa shape index (κ2) is 11.5. The van der Waals surface area contributed by atoms with E-state index in [0.29, 0.717) is 30.0 Å². The van der Waals surface area contributed by atoms with Crippen molar-refractivity contribution in [3.05, 3.63) is 82.3 Å². The highest BCUT2D eigenvalue weighted by Gasteiger charge is 2.33. The molecule has 0 spiro atoms. The summed E-state index contributed by atoms with van der Waals surface area (Å²) in [6.07, 6.45) is -1.45. The van der Waals surface area contributed by atoms with Gasteiger partial charge >= 0.3 is 6.18 Å². The van der Waals surface area contributed by atoms with E-state index in [2.05, 4.69) is 15.7 Å². The Kier molecular flexibility index (Phi) is 8.58. The summed E-state index contributed by atoms with van der Waals surface area (Å²) < 4.78 is 42.6. The van der Waals surface area contributed by atoms with Gasteiger partial charge in [0, 0.05) is 55.4 Å². The fourth-order valence-corrected chi connectivity index (χ4v) is 3.70. The van der Waals surface area contributed by atoms with Crippen molar-refractivity contribution in [2.24, 2.45) is 24.4 Å². The molecule has 12 heteroatoms. The van der Waals surface area contributed by atoms with Crippen LogP contribution in [0.4, 0.5) is 24.5 Å². The van der Waals surface area contributed by atoms with Gasteiger partial charge in [-0.05, 0) is 49.2 Å². The summed E-state index contributed by atoms with van der Waals surface area (Å²) in [5, 5.41) is 10.8. The molecule has 0 aliphatic heterocycles. The van der Waals surface area contributed by atoms with Crippen LogP contribution in [0.25, 0.3) is 5.70 Å². The number of carbonyl (C=O) groups excluding carboxylic acids is 1. The monoisotopic (exact) mass is 516 g/mol. The van der Waals surface area contributed by atoms with E-state index in [1.54, 1.807) is 36.1 Å². The molecule has 0 saturated heterocycles. The number of halogens is 3. The summed E-state index contributed by atoms with van der Waals surface area (Å²) in [4.78, 5) is 12.9. The number of rotatable bonds is 9. The Labute approximate surface area is 213 Å². The van der Waals surface area contributed by atoms with Gasteiger partial charge in [0.2, 0.25) is 0 Å². The molecule has 198 valence electrons. The third-order valence-corrected chi connectivity index (χ3v) is 5.88. The van der Waals surface area contributed by atoms with E-state index in [0.717, 1.165) is 17.3 Å². The van der Waals surface area contributed by atoms with Crippen LogP contribution in [-0.4, -0.2) is 28.8 Å². The molecule has 37 heavy (non-hydrogen) atoms. The van der Waals surface area contributed by atoms with Crippen LogP contribution in [-0.2, 0) is 19.8 Å². The summed E-state index contributed by atoms with van der Waals surface area (Å²) in [6.45, 7) is 4.37. The molecule has 0 aliphatic rings. The Hall–Kier alpha value is -3.87. The summed E-state index contributed by atoms with van der Waals surface area (Å²) in [5.41, 5.74) is 14.2. The van der Waals surface area contributed by atoms with E-state index in [9.17, 15) is 18.0 Å². The molecule has 2 aromatic carbocycles. The van der Waals surface area contributed by atoms with Gasteiger partial charge in [-0.2, -0.15) is 18.3 Å². The molecule has 0 unspecified atom stereocenters. The van der Waals surface area contributed by atoms with E-state index < -0.39 is 17.6 Å². The second-order valence-electron chi connectivity index (χ2n) is 8.55. The smallest absolute Gasteiger partial charge is 0.397 e. The highest BCUT2D eigenvalue weighted by molar-refractivity contribution is 6.05. The number of amides is 1. The molecular formula is C25H31F3N8O. The highest BCUT2D eigenvalue weighted by Crippen LogP contribution is 2.34. The normalized spacial score (nSPS) is 12.1. The lowest BCUT2D eigenvalue weighted by atomic mass is 10.0. The SMILES string of the molecule is Cc1ccc(C(=O)Nc2ccc(CNCCN)c(C(F)(F)F)c2)cc1N(N)/C=C(\N)c1cnn(C)c1C. The Morgan fingerprint density at radius 1 is 1.19 bits per heavy atom. The molecule has 1 aromatic heterocycles. The molecule has 1 amide bonds. The average molecular weight is 517 g/mol. The number of nitrogens with two attached hydrogens (primary N) is 3. The van der Waals surface area contributed by atoms with Gasteiger partial charge in [-0.25, -0.2) is 5.84 Å². The van der Waals surface area contributed by atoms with Crippen molar-refractivity contribution in [3.8, 4) is 0 Å². The number of aromatic nitrogens is 2. The van der Waals surface area contributed by atoms with E-state index in [4.69, 9.17) is 17.3 Å². The number of hydrazine groups is 1. The number of hydrogen-bond donors (Lipinski definition) is 5. The highest BCUT2D eigenvalue weighted by atomic mass is 19.4. The molecule has 0 radical (unpaired) electrons. The summed E-state index contributed by atoms with van der Waals surface area (Å²) in [7, 11) is 1.79. The fraction of sp³-hybridized carbons (Fsp3) is 0.280. The Morgan fingerprint density at radius 3 is 2.54 bits per heavy atom. The third-order valence-electron chi connectivity index (χ3n) is 5.88. The van der Waals surface area contributed by atoms with Gasteiger partial charge in [0.15, 0.2) is 0 Å². The lowest BCUT2D eigenvalue weighted by Gasteiger charge is -2.19. The standard InChI is InChI=1S/C25H31F3N8O/c1-15-4-5-17(10-23(15)36(31)14-22(30)20-13-33-35(3)16(20)2)24(37)34-19-7-6-18(12-32-9-8-29)21(11-19)25(26,27)28/h4-7,10-11,13-14,32H,8-9,12,29-31H2,1-3H3,(H,34,37)/b22-14-. The molecule has 0 fully saturated rings. The van der Waals surface area contributed by atoms with Crippen LogP contribution in [0.1, 0.15) is 38.3 Å². The van der Waals surface area contributed by atoms with Crippen LogP contribution in [0.3, 0.4) is 0 Å². The molecule has 0 bridgehead atoms. The van der Waals surface area contributed by atoms with Gasteiger partial charge in [0.25, 0.3) is 5.91 Å². The quantitative estimate of drug-likeness (QED) is 0.167. The molecule has 3 rings (SSSR count). The van der Waals surface area contributed by atoms with Crippen LogP contribution in [0, 0.1) is 13.8 Å². The number of benzene rings is 2. The maximum Gasteiger partial charge on any atom is 0.416 e. The molecule has 8 N–H and O–H groups in total. The number of hydrogen-bond acceptors (Lipinski definition) is 7. The maximum atomic E-state index is 13.6. The minimum Gasteiger partial charge on any atom is -0.397 e. The molecular weight excluding hydrogens is 485 g/mol. The number of nitrogens with one attached hydrogen (secondary N) is 2. The van der Waals surface area contributed by atoms with Gasteiger partial charge in [0.1, 0.15) is 0 Å². The number of aryl methyl sites for hydroxylation is 2. The lowest BCUT2D eigenvalue weighted by Crippen LogP contribution is -2.27. The van der Waals surface area contributed by atoms with Crippen LogP contribution in [0.5, 0.6) is 0 Å². The maximum absolute atomic E-state index is 13.6. The minimum atomic E-state index is -4.59. The van der Waals surface area contributed by atoms with Gasteiger partial charge in [0.05, 0.1) is 23.1 Å². The van der Waals surface area contributed by atoms with Crippen molar-refractivity contribution in [2.75, 3.05) is 23.4 Å². The molecule has 0 saturated carbocycles. The molecule has 0 aliphatic carbocycles. The number of carbonyl (C=O) groups is 1. The first-order chi connectivity index (χ1) is 17.4. The summed E-state index contributed by atoms with van der Waals surface area (Å²) in [6, 6.07) is 8.48. The topological polar surface area (TPSA) is 140 Å². The minimum absolute atomic E-state index is 0.00312. The largest absolute Gasteiger partial charge is 0.416 e. The zero-order valence-corrected chi connectivity index (χ0v) is 20.9. The zero-order chi connectivity index (χ0) is 27.3. The van der Waals surface area contributed by atoms with Gasteiger partial charge in [-0.1, -0.05) is 12.1 Å². The van der Waals surface area contributed by atoms with Crippen molar-refractivity contribution in [1.82, 2.24) is 15.1 Å². The molecule has 9 nitrogen and oxygen atoms in total. The van der Waals surface area contributed by atoms with Gasteiger partial charge in [-0.15, -0.1) is 0 Å². The van der Waals surface area contributed by atoms with Crippen molar-refractivity contribution in [2.45, 2.75) is 26.6 Å². The van der Waals surface area contributed by atoms with Crippen molar-refractivity contribution in [1.29, 1.82) is 0 Å². The first-order valence-electron chi connectivity index (χ1n) is 11.5. The Balaban J connectivity index is 1.83. The fourth-order valence-electron chi connectivity index (χ4n) is 3.70. The first-order valence-corrected chi connectivity index (χ1v) is 11.5. The van der Waals surface area contributed by atoms with Crippen LogP contribution < -0.4 is 33.0 Å². The van der Waals surface area contributed by atoms with Crippen LogP contribution in [0.2, 0.25) is 0 Å². The number of alkyl halides is 3. The Morgan fingerprint density at radius 2 is 1.92 bits per heavy atom. The summed E-state index contributed by atoms with van der Waals surface area (Å²) in [5.74, 6) is 5.64. The predicted molar refractivity (Wildman–Crippen MR) is 138 cm³/mol. The van der Waals surface area contributed by atoms with Crippen LogP contribution in [0.15, 0.2) is 48.8 Å². The number of nitrogens with zero attached hydrogens (tertiary/aromatic N) is 3. The first kappa shape index (κ1) is 27.7. The lowest BCUT2D eigenvalue weighted by molar-refractivity contribution is -0.138. The zero-order valence-electron chi connectivity index (χ0n) is 20.9. The van der Waals surface area contributed by atoms with Gasteiger partial charge in [-0.3, -0.25) is 14.5 Å². The third kappa shape index (κ3) is 6.67. The Bertz CT molecular complexity index is 1300. The molecule has 3 aromatic rings. The van der Waals surface area contributed by atoms with Crippen molar-refractivity contribution in [3.63, 3.8) is 0 Å². The van der Waals surface area contributed by atoms with Crippen molar-refractivity contribution >= 4 is 23.0 Å². The second-order valence-corrected chi connectivity index (χ2v) is 8.55. The van der Waals surface area contributed by atoms with Crippen molar-refractivity contribution < 1.29 is 18.0 Å².